The van der Waals surface area contributed by atoms with Crippen molar-refractivity contribution in [2.24, 2.45) is 0 Å². The van der Waals surface area contributed by atoms with Gasteiger partial charge in [-0.1, -0.05) is 18.2 Å². The zero-order valence-electron chi connectivity index (χ0n) is 14.7. The minimum atomic E-state index is -0.286. The van der Waals surface area contributed by atoms with Crippen molar-refractivity contribution in [1.29, 1.82) is 0 Å². The molecule has 2 aliphatic heterocycles. The number of halogens is 1. The number of fused-ring (bicyclic) bond motifs is 2. The molecule has 0 radical (unpaired) electrons. The Kier molecular flexibility index (Phi) is 4.02. The highest BCUT2D eigenvalue weighted by atomic mass is 19.1. The summed E-state index contributed by atoms with van der Waals surface area (Å²) in [5.74, 6) is -0.287. The standard InChI is InChI=1S/C21H21FN2O2/c1-15(25)23-11-9-21(10-12-23)14-24(19-8-7-17(22)13-18(19)21)20(26)16-5-3-2-4-6-16/h2-8,13H,9-12,14H2,1H3. The van der Waals surface area contributed by atoms with Crippen LogP contribution in [0.1, 0.15) is 35.7 Å². The van der Waals surface area contributed by atoms with Crippen LogP contribution in [0, 0.1) is 5.82 Å². The Morgan fingerprint density at radius 2 is 1.73 bits per heavy atom. The smallest absolute Gasteiger partial charge is 0.258 e. The van der Waals surface area contributed by atoms with E-state index in [1.165, 1.54) is 6.07 Å². The topological polar surface area (TPSA) is 40.6 Å². The molecule has 0 aromatic heterocycles. The molecule has 0 aliphatic carbocycles. The van der Waals surface area contributed by atoms with Gasteiger partial charge in [-0.15, -0.1) is 0 Å². The first-order chi connectivity index (χ1) is 12.5. The van der Waals surface area contributed by atoms with Crippen molar-refractivity contribution in [3.05, 3.63) is 65.5 Å². The van der Waals surface area contributed by atoms with Crippen molar-refractivity contribution in [3.63, 3.8) is 0 Å². The third-order valence-electron chi connectivity index (χ3n) is 5.71. The minimum absolute atomic E-state index is 0.0644. The van der Waals surface area contributed by atoms with Gasteiger partial charge in [0.15, 0.2) is 0 Å². The number of likely N-dealkylation sites (tertiary alicyclic amines) is 1. The molecule has 0 unspecified atom stereocenters. The number of rotatable bonds is 1. The summed E-state index contributed by atoms with van der Waals surface area (Å²) in [6.45, 7) is 3.38. The minimum Gasteiger partial charge on any atom is -0.343 e. The lowest BCUT2D eigenvalue weighted by Crippen LogP contribution is -2.47. The zero-order valence-corrected chi connectivity index (χ0v) is 14.7. The van der Waals surface area contributed by atoms with E-state index in [9.17, 15) is 14.0 Å². The van der Waals surface area contributed by atoms with Crippen LogP contribution in [0.4, 0.5) is 10.1 Å². The second-order valence-corrected chi connectivity index (χ2v) is 7.21. The SMILES string of the molecule is CC(=O)N1CCC2(CC1)CN(C(=O)c1ccccc1)c1ccc(F)cc12. The average molecular weight is 352 g/mol. The number of carbonyl (C=O) groups excluding carboxylic acids is 2. The molecule has 0 saturated carbocycles. The summed E-state index contributed by atoms with van der Waals surface area (Å²) in [5.41, 5.74) is 2.02. The Labute approximate surface area is 152 Å². The van der Waals surface area contributed by atoms with Gasteiger partial charge in [0, 0.05) is 43.2 Å². The summed E-state index contributed by atoms with van der Waals surface area (Å²) in [5, 5.41) is 0. The molecule has 0 bridgehead atoms. The number of nitrogens with zero attached hydrogens (tertiary/aromatic N) is 2. The molecule has 2 aromatic rings. The summed E-state index contributed by atoms with van der Waals surface area (Å²) < 4.78 is 14.0. The molecule has 26 heavy (non-hydrogen) atoms. The molecule has 2 amide bonds. The summed E-state index contributed by atoms with van der Waals surface area (Å²) in [7, 11) is 0. The highest BCUT2D eigenvalue weighted by molar-refractivity contribution is 6.07. The Morgan fingerprint density at radius 3 is 2.38 bits per heavy atom. The average Bonchev–Trinajstić information content (AvgIpc) is 2.96. The molecule has 1 fully saturated rings. The fourth-order valence-corrected chi connectivity index (χ4v) is 4.24. The van der Waals surface area contributed by atoms with Gasteiger partial charge in [0.1, 0.15) is 5.82 Å². The quantitative estimate of drug-likeness (QED) is 0.790. The lowest BCUT2D eigenvalue weighted by Gasteiger charge is -2.39. The molecule has 0 N–H and O–H groups in total. The molecule has 0 atom stereocenters. The summed E-state index contributed by atoms with van der Waals surface area (Å²) in [6, 6.07) is 13.8. The lowest BCUT2D eigenvalue weighted by atomic mass is 9.74. The van der Waals surface area contributed by atoms with Crippen LogP contribution in [-0.2, 0) is 10.2 Å². The Hall–Kier alpha value is -2.69. The van der Waals surface area contributed by atoms with Gasteiger partial charge >= 0.3 is 0 Å². The first-order valence-electron chi connectivity index (χ1n) is 8.93. The molecule has 1 saturated heterocycles. The number of carbonyl (C=O) groups is 2. The van der Waals surface area contributed by atoms with E-state index in [-0.39, 0.29) is 23.0 Å². The number of hydrogen-bond donors (Lipinski definition) is 0. The normalized spacial score (nSPS) is 18.1. The molecule has 134 valence electrons. The van der Waals surface area contributed by atoms with Gasteiger partial charge in [-0.25, -0.2) is 4.39 Å². The van der Waals surface area contributed by atoms with Crippen LogP contribution in [0.25, 0.3) is 0 Å². The van der Waals surface area contributed by atoms with Crippen LogP contribution >= 0.6 is 0 Å². The predicted octanol–water partition coefficient (Wildman–Crippen LogP) is 3.37. The van der Waals surface area contributed by atoms with Gasteiger partial charge < -0.3 is 9.80 Å². The van der Waals surface area contributed by atoms with E-state index in [4.69, 9.17) is 0 Å². The highest BCUT2D eigenvalue weighted by Crippen LogP contribution is 2.47. The highest BCUT2D eigenvalue weighted by Gasteiger charge is 2.46. The predicted molar refractivity (Wildman–Crippen MR) is 97.7 cm³/mol. The molecule has 4 rings (SSSR count). The van der Waals surface area contributed by atoms with Crippen LogP contribution in [0.2, 0.25) is 0 Å². The monoisotopic (exact) mass is 352 g/mol. The summed E-state index contributed by atoms with van der Waals surface area (Å²) in [6.07, 6.45) is 1.48. The van der Waals surface area contributed by atoms with Crippen molar-refractivity contribution in [3.8, 4) is 0 Å². The molecule has 2 aliphatic rings. The van der Waals surface area contributed by atoms with E-state index in [0.29, 0.717) is 25.2 Å². The van der Waals surface area contributed by atoms with Crippen molar-refractivity contribution < 1.29 is 14.0 Å². The molecule has 2 aromatic carbocycles. The van der Waals surface area contributed by atoms with Crippen molar-refractivity contribution in [2.45, 2.75) is 25.2 Å². The molecule has 1 spiro atoms. The molecule has 4 nitrogen and oxygen atoms in total. The number of piperidine rings is 1. The fraction of sp³-hybridized carbons (Fsp3) is 0.333. The van der Waals surface area contributed by atoms with E-state index >= 15 is 0 Å². The van der Waals surface area contributed by atoms with Gasteiger partial charge in [-0.3, -0.25) is 9.59 Å². The maximum absolute atomic E-state index is 14.0. The van der Waals surface area contributed by atoms with Gasteiger partial charge in [-0.05, 0) is 48.7 Å². The number of amides is 2. The van der Waals surface area contributed by atoms with Crippen LogP contribution < -0.4 is 4.90 Å². The van der Waals surface area contributed by atoms with E-state index in [1.54, 1.807) is 36.1 Å². The van der Waals surface area contributed by atoms with Crippen LogP contribution in [0.3, 0.4) is 0 Å². The van der Waals surface area contributed by atoms with Gasteiger partial charge in [0.25, 0.3) is 5.91 Å². The molecular formula is C21H21FN2O2. The number of hydrogen-bond acceptors (Lipinski definition) is 2. The largest absolute Gasteiger partial charge is 0.343 e. The Balaban J connectivity index is 1.70. The maximum Gasteiger partial charge on any atom is 0.258 e. The maximum atomic E-state index is 14.0. The number of anilines is 1. The van der Waals surface area contributed by atoms with Crippen LogP contribution in [0.15, 0.2) is 48.5 Å². The second kappa shape index (κ2) is 6.24. The van der Waals surface area contributed by atoms with Crippen molar-refractivity contribution in [1.82, 2.24) is 4.90 Å². The van der Waals surface area contributed by atoms with Gasteiger partial charge in [0.05, 0.1) is 0 Å². The third-order valence-corrected chi connectivity index (χ3v) is 5.71. The number of benzene rings is 2. The lowest BCUT2D eigenvalue weighted by molar-refractivity contribution is -0.130. The molecule has 2 heterocycles. The molecular weight excluding hydrogens is 331 g/mol. The summed E-state index contributed by atoms with van der Waals surface area (Å²) >= 11 is 0. The Bertz CT molecular complexity index is 858. The second-order valence-electron chi connectivity index (χ2n) is 7.21. The van der Waals surface area contributed by atoms with E-state index in [2.05, 4.69) is 0 Å². The van der Waals surface area contributed by atoms with Gasteiger partial charge in [-0.2, -0.15) is 0 Å². The van der Waals surface area contributed by atoms with E-state index in [1.807, 2.05) is 23.1 Å². The first kappa shape index (κ1) is 16.8. The fourth-order valence-electron chi connectivity index (χ4n) is 4.24. The first-order valence-corrected chi connectivity index (χ1v) is 8.93. The van der Waals surface area contributed by atoms with Crippen LogP contribution in [0.5, 0.6) is 0 Å². The molecule has 5 heteroatoms. The third kappa shape index (κ3) is 2.68. The van der Waals surface area contributed by atoms with E-state index in [0.717, 1.165) is 24.1 Å². The Morgan fingerprint density at radius 1 is 1.04 bits per heavy atom. The van der Waals surface area contributed by atoms with Crippen molar-refractivity contribution >= 4 is 17.5 Å². The van der Waals surface area contributed by atoms with Gasteiger partial charge in [0.2, 0.25) is 5.91 Å². The summed E-state index contributed by atoms with van der Waals surface area (Å²) in [4.78, 5) is 28.3. The van der Waals surface area contributed by atoms with Crippen molar-refractivity contribution in [2.75, 3.05) is 24.5 Å². The zero-order chi connectivity index (χ0) is 18.3. The van der Waals surface area contributed by atoms with E-state index < -0.39 is 0 Å². The van der Waals surface area contributed by atoms with Crippen LogP contribution in [-0.4, -0.2) is 36.3 Å².